The first-order valence-electron chi connectivity index (χ1n) is 6.91. The summed E-state index contributed by atoms with van der Waals surface area (Å²) in [7, 11) is -0.862. The van der Waals surface area contributed by atoms with E-state index in [4.69, 9.17) is 0 Å². The Morgan fingerprint density at radius 1 is 1.15 bits per heavy atom. The summed E-state index contributed by atoms with van der Waals surface area (Å²) in [6.45, 7) is 7.21. The van der Waals surface area contributed by atoms with E-state index < -0.39 is 8.07 Å². The molecule has 3 rings (SSSR count). The van der Waals surface area contributed by atoms with E-state index in [2.05, 4.69) is 74.3 Å². The summed E-state index contributed by atoms with van der Waals surface area (Å²) in [6, 6.07) is 18.4. The van der Waals surface area contributed by atoms with Gasteiger partial charge in [0, 0.05) is 33.9 Å². The quantitative estimate of drug-likeness (QED) is 0.462. The third-order valence-electron chi connectivity index (χ3n) is 3.06. The molecule has 20 heavy (non-hydrogen) atoms. The smallest absolute Gasteiger partial charge is 0.0362 e. The van der Waals surface area contributed by atoms with Crippen molar-refractivity contribution in [2.75, 3.05) is 0 Å². The van der Waals surface area contributed by atoms with E-state index in [1.54, 1.807) is 0 Å². The third kappa shape index (κ3) is 5.80. The predicted octanol–water partition coefficient (Wildman–Crippen LogP) is 4.77. The molecule has 0 unspecified atom stereocenters. The number of rotatable bonds is 2. The van der Waals surface area contributed by atoms with E-state index >= 15 is 0 Å². The first kappa shape index (κ1) is 17.4. The van der Waals surface area contributed by atoms with Gasteiger partial charge in [0.2, 0.25) is 0 Å². The van der Waals surface area contributed by atoms with Crippen molar-refractivity contribution in [1.29, 1.82) is 0 Å². The Kier molecular flexibility index (Phi) is 6.97. The molecule has 2 aromatic carbocycles. The van der Waals surface area contributed by atoms with Crippen LogP contribution in [0.2, 0.25) is 19.6 Å². The van der Waals surface area contributed by atoms with Crippen molar-refractivity contribution in [2.45, 2.75) is 32.1 Å². The molecule has 0 spiro atoms. The first-order chi connectivity index (χ1) is 9.04. The molecule has 0 saturated carbocycles. The molecule has 0 bridgehead atoms. The van der Waals surface area contributed by atoms with E-state index in [0.29, 0.717) is 0 Å². The van der Waals surface area contributed by atoms with Crippen molar-refractivity contribution >= 4 is 8.07 Å². The van der Waals surface area contributed by atoms with Crippen LogP contribution in [0, 0.1) is 6.08 Å². The van der Waals surface area contributed by atoms with Gasteiger partial charge in [0.05, 0.1) is 0 Å². The Labute approximate surface area is 143 Å². The average Bonchev–Trinajstić information content (AvgIpc) is 2.97. The van der Waals surface area contributed by atoms with Gasteiger partial charge in [-0.2, -0.15) is 42.0 Å². The van der Waals surface area contributed by atoms with Crippen LogP contribution in [0.1, 0.15) is 16.7 Å². The van der Waals surface area contributed by atoms with Crippen LogP contribution in [-0.4, -0.2) is 8.07 Å². The minimum atomic E-state index is -0.862. The molecule has 0 aromatic heterocycles. The van der Waals surface area contributed by atoms with Gasteiger partial charge in [0.1, 0.15) is 0 Å². The third-order valence-corrected chi connectivity index (χ3v) is 4.53. The molecule has 1 aliphatic carbocycles. The summed E-state index contributed by atoms with van der Waals surface area (Å²) in [5.74, 6) is 0. The SMILES string of the molecule is C[Si](C)(C)Cc1cc[cH-]c1.[C-]1=CCc2ccccc21.[Hf]. The second-order valence-corrected chi connectivity index (χ2v) is 11.7. The van der Waals surface area contributed by atoms with Crippen LogP contribution in [0.3, 0.4) is 0 Å². The molecule has 1 aliphatic rings. The van der Waals surface area contributed by atoms with Crippen molar-refractivity contribution in [3.05, 3.63) is 77.4 Å². The van der Waals surface area contributed by atoms with Crippen molar-refractivity contribution in [3.63, 3.8) is 0 Å². The summed E-state index contributed by atoms with van der Waals surface area (Å²) in [6.07, 6.45) is 6.31. The zero-order chi connectivity index (χ0) is 13.7. The molecule has 2 heteroatoms. The standard InChI is InChI=1S/C9H15Si.C9H7.Hf/c1-10(2,3)8-9-6-4-5-7-9;1-2-5-9-7-3-6-8(9)4-1;/h4-7H,8H2,1-3H3;1-5H,6H2;/q2*-1;. The van der Waals surface area contributed by atoms with E-state index in [1.807, 2.05) is 6.07 Å². The zero-order valence-electron chi connectivity index (χ0n) is 12.6. The summed E-state index contributed by atoms with van der Waals surface area (Å²) < 4.78 is 0. The molecule has 0 radical (unpaired) electrons. The van der Waals surface area contributed by atoms with Crippen LogP contribution in [0.15, 0.2) is 54.6 Å². The molecular formula is C18H22HfSi-2. The number of allylic oxidation sites excluding steroid dienone is 1. The molecule has 0 N–H and O–H groups in total. The summed E-state index contributed by atoms with van der Waals surface area (Å²) in [5, 5.41) is 0. The minimum Gasteiger partial charge on any atom is -0.211 e. The van der Waals surface area contributed by atoms with Gasteiger partial charge in [0.15, 0.2) is 0 Å². The minimum absolute atomic E-state index is 0. The normalized spacial score (nSPS) is 12.2. The van der Waals surface area contributed by atoms with Crippen LogP contribution >= 0.6 is 0 Å². The van der Waals surface area contributed by atoms with E-state index in [9.17, 15) is 0 Å². The Bertz CT molecular complexity index is 533. The largest absolute Gasteiger partial charge is 0.211 e. The van der Waals surface area contributed by atoms with Gasteiger partial charge >= 0.3 is 0 Å². The van der Waals surface area contributed by atoms with Crippen molar-refractivity contribution in [3.8, 4) is 0 Å². The summed E-state index contributed by atoms with van der Waals surface area (Å²) >= 11 is 0. The van der Waals surface area contributed by atoms with E-state index in [0.717, 1.165) is 6.42 Å². The van der Waals surface area contributed by atoms with Gasteiger partial charge in [-0.05, 0) is 0 Å². The average molecular weight is 445 g/mol. The fourth-order valence-corrected chi connectivity index (χ4v) is 3.71. The molecule has 2 aromatic rings. The Hall–Kier alpha value is -0.603. The molecule has 0 nitrogen and oxygen atoms in total. The molecule has 0 aliphatic heterocycles. The molecule has 0 saturated heterocycles. The van der Waals surface area contributed by atoms with Gasteiger partial charge in [-0.1, -0.05) is 38.2 Å². The first-order valence-corrected chi connectivity index (χ1v) is 10.6. The number of benzene rings is 1. The van der Waals surface area contributed by atoms with Gasteiger partial charge in [-0.25, -0.2) is 11.6 Å². The van der Waals surface area contributed by atoms with Crippen LogP contribution in [0.25, 0.3) is 0 Å². The fraction of sp³-hybridized carbons (Fsp3) is 0.278. The summed E-state index contributed by atoms with van der Waals surface area (Å²) in [4.78, 5) is 0. The van der Waals surface area contributed by atoms with Crippen LogP contribution < -0.4 is 0 Å². The molecular weight excluding hydrogens is 423 g/mol. The van der Waals surface area contributed by atoms with Crippen LogP contribution in [0.5, 0.6) is 0 Å². The van der Waals surface area contributed by atoms with Crippen LogP contribution in [-0.2, 0) is 38.3 Å². The molecule has 0 atom stereocenters. The van der Waals surface area contributed by atoms with Crippen LogP contribution in [0.4, 0.5) is 0 Å². The maximum atomic E-state index is 3.18. The molecule has 0 amide bonds. The number of hydrogen-bond acceptors (Lipinski definition) is 0. The fourth-order valence-electron chi connectivity index (χ4n) is 2.25. The Balaban J connectivity index is 0.000000191. The summed E-state index contributed by atoms with van der Waals surface area (Å²) in [5.41, 5.74) is 4.18. The van der Waals surface area contributed by atoms with Gasteiger partial charge in [-0.15, -0.1) is 17.7 Å². The maximum Gasteiger partial charge on any atom is 0.0362 e. The predicted molar refractivity (Wildman–Crippen MR) is 86.1 cm³/mol. The monoisotopic (exact) mass is 446 g/mol. The Morgan fingerprint density at radius 3 is 2.50 bits per heavy atom. The second-order valence-electron chi connectivity index (χ2n) is 6.24. The van der Waals surface area contributed by atoms with E-state index in [-0.39, 0.29) is 25.8 Å². The molecule has 0 heterocycles. The number of hydrogen-bond donors (Lipinski definition) is 0. The second kappa shape index (κ2) is 7.99. The topological polar surface area (TPSA) is 0 Å². The van der Waals surface area contributed by atoms with Gasteiger partial charge in [0.25, 0.3) is 0 Å². The number of fused-ring (bicyclic) bond motifs is 1. The molecule has 104 valence electrons. The van der Waals surface area contributed by atoms with Crippen molar-refractivity contribution < 1.29 is 25.8 Å². The van der Waals surface area contributed by atoms with Gasteiger partial charge in [-0.3, -0.25) is 0 Å². The maximum absolute atomic E-state index is 3.18. The zero-order valence-corrected chi connectivity index (χ0v) is 17.2. The molecule has 0 fully saturated rings. The van der Waals surface area contributed by atoms with Crippen molar-refractivity contribution in [1.82, 2.24) is 0 Å². The van der Waals surface area contributed by atoms with Crippen molar-refractivity contribution in [2.24, 2.45) is 0 Å². The Morgan fingerprint density at radius 2 is 1.90 bits per heavy atom. The van der Waals surface area contributed by atoms with E-state index in [1.165, 1.54) is 22.7 Å². The van der Waals surface area contributed by atoms with Gasteiger partial charge < -0.3 is 0 Å².